The van der Waals surface area contributed by atoms with E-state index >= 15 is 0 Å². The van der Waals surface area contributed by atoms with Crippen LogP contribution >= 0.6 is 11.6 Å². The Morgan fingerprint density at radius 2 is 1.85 bits per heavy atom. The lowest BCUT2D eigenvalue weighted by atomic mass is 10.2. The van der Waals surface area contributed by atoms with Gasteiger partial charge in [0.15, 0.2) is 0 Å². The van der Waals surface area contributed by atoms with Crippen molar-refractivity contribution in [3.8, 4) is 0 Å². The van der Waals surface area contributed by atoms with Crippen LogP contribution in [0.15, 0.2) is 23.1 Å². The van der Waals surface area contributed by atoms with Gasteiger partial charge < -0.3 is 10.2 Å². The molecule has 0 saturated carbocycles. The number of sulfonamides is 1. The summed E-state index contributed by atoms with van der Waals surface area (Å²) in [5.41, 5.74) is 0.879. The first-order valence-corrected chi connectivity index (χ1v) is 8.15. The topological polar surface area (TPSA) is 52.7 Å². The zero-order chi connectivity index (χ0) is 15.3. The van der Waals surface area contributed by atoms with E-state index in [0.717, 1.165) is 5.56 Å². The number of benzene rings is 1. The molecule has 0 unspecified atom stereocenters. The zero-order valence-corrected chi connectivity index (χ0v) is 13.9. The quantitative estimate of drug-likeness (QED) is 0.821. The van der Waals surface area contributed by atoms with Crippen LogP contribution in [0.25, 0.3) is 0 Å². The van der Waals surface area contributed by atoms with Gasteiger partial charge in [0.1, 0.15) is 0 Å². The number of nitrogens with zero attached hydrogens (tertiary/aromatic N) is 2. The normalized spacial score (nSPS) is 12.3. The summed E-state index contributed by atoms with van der Waals surface area (Å²) in [5, 5.41) is 3.45. The monoisotopic (exact) mass is 319 g/mol. The van der Waals surface area contributed by atoms with Gasteiger partial charge in [-0.25, -0.2) is 8.42 Å². The maximum Gasteiger partial charge on any atom is 0.242 e. The molecule has 0 bridgehead atoms. The zero-order valence-electron chi connectivity index (χ0n) is 12.4. The Balaban J connectivity index is 2.95. The average Bonchev–Trinajstić information content (AvgIpc) is 2.38. The van der Waals surface area contributed by atoms with Crippen molar-refractivity contribution in [3.63, 3.8) is 0 Å². The van der Waals surface area contributed by atoms with Gasteiger partial charge in [-0.2, -0.15) is 4.31 Å². The van der Waals surface area contributed by atoms with Gasteiger partial charge in [0.05, 0.1) is 4.90 Å². The molecule has 1 rings (SSSR count). The third kappa shape index (κ3) is 4.43. The fourth-order valence-electron chi connectivity index (χ4n) is 1.66. The van der Waals surface area contributed by atoms with E-state index in [2.05, 4.69) is 5.32 Å². The Morgan fingerprint density at radius 1 is 1.20 bits per heavy atom. The summed E-state index contributed by atoms with van der Waals surface area (Å²) in [6.07, 6.45) is 0. The van der Waals surface area contributed by atoms with E-state index in [-0.39, 0.29) is 4.90 Å². The van der Waals surface area contributed by atoms with Crippen molar-refractivity contribution in [2.75, 3.05) is 41.3 Å². The van der Waals surface area contributed by atoms with Gasteiger partial charge in [-0.15, -0.1) is 0 Å². The molecule has 7 heteroatoms. The smallest absolute Gasteiger partial charge is 0.242 e. The van der Waals surface area contributed by atoms with E-state index in [1.165, 1.54) is 10.4 Å². The van der Waals surface area contributed by atoms with Crippen molar-refractivity contribution in [2.45, 2.75) is 11.4 Å². The molecule has 114 valence electrons. The first-order valence-electron chi connectivity index (χ1n) is 6.33. The van der Waals surface area contributed by atoms with Crippen molar-refractivity contribution in [2.24, 2.45) is 0 Å². The molecule has 0 aliphatic heterocycles. The molecule has 0 radical (unpaired) electrons. The SMILES string of the molecule is CNCc1ccc(S(=O)(=O)N(C)CCN(C)C)cc1Cl. The van der Waals surface area contributed by atoms with Gasteiger partial charge in [0.25, 0.3) is 0 Å². The summed E-state index contributed by atoms with van der Waals surface area (Å²) in [6, 6.07) is 4.85. The van der Waals surface area contributed by atoms with Gasteiger partial charge in [-0.05, 0) is 38.8 Å². The standard InChI is InChI=1S/C13H22ClN3O2S/c1-15-10-11-5-6-12(9-13(11)14)20(18,19)17(4)8-7-16(2)3/h5-6,9,15H,7-8,10H2,1-4H3. The number of halogens is 1. The maximum atomic E-state index is 12.4. The minimum Gasteiger partial charge on any atom is -0.316 e. The van der Waals surface area contributed by atoms with E-state index < -0.39 is 10.0 Å². The molecule has 0 saturated heterocycles. The highest BCUT2D eigenvalue weighted by Crippen LogP contribution is 2.22. The highest BCUT2D eigenvalue weighted by Gasteiger charge is 2.21. The molecule has 0 aromatic heterocycles. The van der Waals surface area contributed by atoms with Crippen molar-refractivity contribution in [1.29, 1.82) is 0 Å². The van der Waals surface area contributed by atoms with Gasteiger partial charge in [-0.1, -0.05) is 17.7 Å². The molecule has 0 aliphatic rings. The first kappa shape index (κ1) is 17.4. The molecule has 5 nitrogen and oxygen atoms in total. The molecule has 0 atom stereocenters. The molecule has 0 fully saturated rings. The van der Waals surface area contributed by atoms with Crippen molar-refractivity contribution in [1.82, 2.24) is 14.5 Å². The van der Waals surface area contributed by atoms with Crippen LogP contribution < -0.4 is 5.32 Å². The van der Waals surface area contributed by atoms with Crippen LogP contribution in [-0.2, 0) is 16.6 Å². The molecule has 0 aliphatic carbocycles. The molecule has 1 aromatic rings. The number of rotatable bonds is 7. The number of likely N-dealkylation sites (N-methyl/N-ethyl adjacent to an activating group) is 2. The Morgan fingerprint density at radius 3 is 2.35 bits per heavy atom. The fraction of sp³-hybridized carbons (Fsp3) is 0.538. The van der Waals surface area contributed by atoms with Crippen LogP contribution in [0, 0.1) is 0 Å². The van der Waals surface area contributed by atoms with Crippen molar-refractivity contribution < 1.29 is 8.42 Å². The summed E-state index contributed by atoms with van der Waals surface area (Å²) >= 11 is 6.12. The van der Waals surface area contributed by atoms with Crippen LogP contribution in [0.2, 0.25) is 5.02 Å². The molecule has 1 N–H and O–H groups in total. The molecular weight excluding hydrogens is 298 g/mol. The van der Waals surface area contributed by atoms with Crippen LogP contribution in [0.4, 0.5) is 0 Å². The molecule has 20 heavy (non-hydrogen) atoms. The van der Waals surface area contributed by atoms with E-state index in [1.807, 2.05) is 26.0 Å². The fourth-order valence-corrected chi connectivity index (χ4v) is 3.16. The van der Waals surface area contributed by atoms with Gasteiger partial charge in [-0.3, -0.25) is 0 Å². The summed E-state index contributed by atoms with van der Waals surface area (Å²) in [4.78, 5) is 2.17. The van der Waals surface area contributed by atoms with Crippen LogP contribution in [-0.4, -0.2) is 58.9 Å². The minimum absolute atomic E-state index is 0.226. The Bertz CT molecular complexity index is 547. The van der Waals surface area contributed by atoms with Crippen molar-refractivity contribution in [3.05, 3.63) is 28.8 Å². The minimum atomic E-state index is -3.49. The third-order valence-corrected chi connectivity index (χ3v) is 5.17. The summed E-state index contributed by atoms with van der Waals surface area (Å²) in [5.74, 6) is 0. The molecule has 0 amide bonds. The Hall–Kier alpha value is -0.660. The number of hydrogen-bond donors (Lipinski definition) is 1. The van der Waals surface area contributed by atoms with E-state index in [4.69, 9.17) is 11.6 Å². The predicted octanol–water partition coefficient (Wildman–Crippen LogP) is 1.24. The lowest BCUT2D eigenvalue weighted by molar-refractivity contribution is 0.358. The Labute approximate surface area is 126 Å². The molecular formula is C13H22ClN3O2S. The number of hydrogen-bond acceptors (Lipinski definition) is 4. The Kier molecular flexibility index (Phi) is 6.42. The summed E-state index contributed by atoms with van der Waals surface area (Å²) < 4.78 is 26.1. The summed E-state index contributed by atoms with van der Waals surface area (Å²) in [6.45, 7) is 1.71. The van der Waals surface area contributed by atoms with Gasteiger partial charge in [0.2, 0.25) is 10.0 Å². The highest BCUT2D eigenvalue weighted by atomic mass is 35.5. The summed E-state index contributed by atoms with van der Waals surface area (Å²) in [7, 11) is 3.72. The second-order valence-electron chi connectivity index (χ2n) is 4.91. The average molecular weight is 320 g/mol. The second-order valence-corrected chi connectivity index (χ2v) is 7.37. The second kappa shape index (κ2) is 7.38. The van der Waals surface area contributed by atoms with Crippen LogP contribution in [0.3, 0.4) is 0 Å². The lowest BCUT2D eigenvalue weighted by Crippen LogP contribution is -2.33. The van der Waals surface area contributed by atoms with E-state index in [0.29, 0.717) is 24.7 Å². The largest absolute Gasteiger partial charge is 0.316 e. The lowest BCUT2D eigenvalue weighted by Gasteiger charge is -2.20. The maximum absolute atomic E-state index is 12.4. The van der Waals surface area contributed by atoms with Crippen LogP contribution in [0.5, 0.6) is 0 Å². The molecule has 0 spiro atoms. The van der Waals surface area contributed by atoms with Gasteiger partial charge >= 0.3 is 0 Å². The van der Waals surface area contributed by atoms with Crippen molar-refractivity contribution >= 4 is 21.6 Å². The highest BCUT2D eigenvalue weighted by molar-refractivity contribution is 7.89. The number of nitrogens with one attached hydrogen (secondary N) is 1. The third-order valence-electron chi connectivity index (χ3n) is 2.96. The molecule has 1 aromatic carbocycles. The molecule has 0 heterocycles. The first-order chi connectivity index (χ1) is 9.28. The van der Waals surface area contributed by atoms with E-state index in [1.54, 1.807) is 19.2 Å². The van der Waals surface area contributed by atoms with Crippen LogP contribution in [0.1, 0.15) is 5.56 Å². The van der Waals surface area contributed by atoms with E-state index in [9.17, 15) is 8.42 Å². The predicted molar refractivity (Wildman–Crippen MR) is 82.6 cm³/mol. The van der Waals surface area contributed by atoms with Gasteiger partial charge in [0, 0.05) is 31.7 Å².